The van der Waals surface area contributed by atoms with Gasteiger partial charge in [-0.3, -0.25) is 14.5 Å². The Morgan fingerprint density at radius 2 is 1.76 bits per heavy atom. The monoisotopic (exact) mass is 414 g/mol. The summed E-state index contributed by atoms with van der Waals surface area (Å²) in [6.07, 6.45) is 0.668. The Morgan fingerprint density at radius 3 is 2.38 bits per heavy atom. The summed E-state index contributed by atoms with van der Waals surface area (Å²) in [5.74, 6) is 0.513. The van der Waals surface area contributed by atoms with E-state index in [0.717, 1.165) is 0 Å². The number of rotatable bonds is 8. The van der Waals surface area contributed by atoms with E-state index in [-0.39, 0.29) is 17.5 Å². The number of carbonyl (C=O) groups excluding carboxylic acids is 2. The second-order valence-corrected chi connectivity index (χ2v) is 6.88. The Bertz CT molecular complexity index is 954. The fourth-order valence-corrected chi connectivity index (χ4v) is 3.36. The number of carbonyl (C=O) groups is 2. The molecule has 7 heteroatoms. The minimum absolute atomic E-state index is 0.202. The first kappa shape index (κ1) is 20.7. The van der Waals surface area contributed by atoms with Crippen LogP contribution >= 0.6 is 11.6 Å². The van der Waals surface area contributed by atoms with E-state index < -0.39 is 0 Å². The summed E-state index contributed by atoms with van der Waals surface area (Å²) in [4.78, 5) is 27.3. The van der Waals surface area contributed by atoms with Crippen LogP contribution in [-0.4, -0.2) is 37.0 Å². The number of methoxy groups -OCH3 is 1. The lowest BCUT2D eigenvalue weighted by Gasteiger charge is -2.15. The Kier molecular flexibility index (Phi) is 6.44. The third-order valence-corrected chi connectivity index (χ3v) is 4.73. The van der Waals surface area contributed by atoms with Gasteiger partial charge in [-0.2, -0.15) is 0 Å². The molecule has 2 aromatic carbocycles. The number of imide groups is 1. The lowest BCUT2D eigenvalue weighted by atomic mass is 10.0. The average molecular weight is 415 g/mol. The summed E-state index contributed by atoms with van der Waals surface area (Å²) >= 11 is 6.12. The highest BCUT2D eigenvalue weighted by Crippen LogP contribution is 2.35. The molecule has 0 spiro atoms. The maximum absolute atomic E-state index is 13.1. The Labute approximate surface area is 175 Å². The largest absolute Gasteiger partial charge is 0.495 e. The second-order valence-electron chi connectivity index (χ2n) is 6.44. The van der Waals surface area contributed by atoms with Crippen LogP contribution in [0.15, 0.2) is 48.2 Å². The molecule has 0 saturated carbocycles. The number of hydrogen-bond donors (Lipinski definition) is 1. The molecule has 1 aliphatic rings. The van der Waals surface area contributed by atoms with Gasteiger partial charge in [0.05, 0.1) is 25.0 Å². The summed E-state index contributed by atoms with van der Waals surface area (Å²) in [5, 5.41) is 3.57. The van der Waals surface area contributed by atoms with E-state index in [4.69, 9.17) is 21.1 Å². The summed E-state index contributed by atoms with van der Waals surface area (Å²) in [6, 6.07) is 12.2. The molecule has 0 bridgehead atoms. The van der Waals surface area contributed by atoms with Gasteiger partial charge in [0.25, 0.3) is 11.8 Å². The van der Waals surface area contributed by atoms with Gasteiger partial charge in [0.15, 0.2) is 0 Å². The van der Waals surface area contributed by atoms with Gasteiger partial charge >= 0.3 is 0 Å². The van der Waals surface area contributed by atoms with Crippen molar-refractivity contribution in [1.82, 2.24) is 4.90 Å². The standard InChI is InChI=1S/C22H23ClN2O4/c1-4-12-25-21(26)19(14-6-9-16(10-7-14)29-5-2)20(22(25)27)24-17-13-15(23)8-11-18(17)28-3/h6-11,13,24H,4-5,12H2,1-3H3. The molecule has 0 aliphatic carbocycles. The van der Waals surface area contributed by atoms with Crippen molar-refractivity contribution >= 4 is 34.7 Å². The highest BCUT2D eigenvalue weighted by atomic mass is 35.5. The third kappa shape index (κ3) is 4.22. The van der Waals surface area contributed by atoms with Crippen molar-refractivity contribution in [3.8, 4) is 11.5 Å². The first-order chi connectivity index (χ1) is 14.0. The van der Waals surface area contributed by atoms with Crippen molar-refractivity contribution in [2.45, 2.75) is 20.3 Å². The zero-order valence-electron chi connectivity index (χ0n) is 16.6. The van der Waals surface area contributed by atoms with E-state index in [1.165, 1.54) is 12.0 Å². The van der Waals surface area contributed by atoms with E-state index in [9.17, 15) is 9.59 Å². The number of hydrogen-bond acceptors (Lipinski definition) is 5. The zero-order valence-corrected chi connectivity index (χ0v) is 17.4. The smallest absolute Gasteiger partial charge is 0.278 e. The molecule has 0 atom stereocenters. The quantitative estimate of drug-likeness (QED) is 0.650. The van der Waals surface area contributed by atoms with Crippen molar-refractivity contribution < 1.29 is 19.1 Å². The molecule has 152 valence electrons. The number of amides is 2. The molecular weight excluding hydrogens is 392 g/mol. The molecule has 1 aliphatic heterocycles. The van der Waals surface area contributed by atoms with Gasteiger partial charge in [0.1, 0.15) is 17.2 Å². The molecule has 2 amide bonds. The number of ether oxygens (including phenoxy) is 2. The van der Waals surface area contributed by atoms with E-state index in [1.807, 2.05) is 13.8 Å². The number of nitrogens with one attached hydrogen (secondary N) is 1. The van der Waals surface area contributed by atoms with Crippen LogP contribution in [-0.2, 0) is 9.59 Å². The number of anilines is 1. The van der Waals surface area contributed by atoms with Crippen LogP contribution in [0.4, 0.5) is 5.69 Å². The van der Waals surface area contributed by atoms with Crippen LogP contribution in [0.2, 0.25) is 5.02 Å². The van der Waals surface area contributed by atoms with Crippen LogP contribution in [0.5, 0.6) is 11.5 Å². The summed E-state index contributed by atoms with van der Waals surface area (Å²) in [5.41, 5.74) is 1.66. The van der Waals surface area contributed by atoms with Crippen molar-refractivity contribution in [2.75, 3.05) is 25.6 Å². The summed E-state index contributed by atoms with van der Waals surface area (Å²) < 4.78 is 10.8. The van der Waals surface area contributed by atoms with E-state index in [1.54, 1.807) is 42.5 Å². The molecule has 6 nitrogen and oxygen atoms in total. The fourth-order valence-electron chi connectivity index (χ4n) is 3.18. The third-order valence-electron chi connectivity index (χ3n) is 4.49. The predicted molar refractivity (Wildman–Crippen MR) is 113 cm³/mol. The van der Waals surface area contributed by atoms with Crippen LogP contribution in [0.25, 0.3) is 5.57 Å². The summed E-state index contributed by atoms with van der Waals surface area (Å²) in [7, 11) is 1.53. The first-order valence-electron chi connectivity index (χ1n) is 9.44. The maximum Gasteiger partial charge on any atom is 0.278 e. The van der Waals surface area contributed by atoms with Crippen molar-refractivity contribution in [3.63, 3.8) is 0 Å². The Balaban J connectivity index is 2.07. The molecule has 1 heterocycles. The van der Waals surface area contributed by atoms with Crippen LogP contribution in [0.1, 0.15) is 25.8 Å². The van der Waals surface area contributed by atoms with E-state index >= 15 is 0 Å². The van der Waals surface area contributed by atoms with Gasteiger partial charge in [-0.25, -0.2) is 0 Å². The average Bonchev–Trinajstić information content (AvgIpc) is 2.94. The molecule has 0 saturated heterocycles. The fraction of sp³-hybridized carbons (Fsp3) is 0.273. The molecule has 2 aromatic rings. The molecule has 1 N–H and O–H groups in total. The molecule has 0 aromatic heterocycles. The van der Waals surface area contributed by atoms with E-state index in [2.05, 4.69) is 5.32 Å². The predicted octanol–water partition coefficient (Wildman–Crippen LogP) is 4.35. The molecule has 0 fully saturated rings. The molecular formula is C22H23ClN2O4. The molecule has 29 heavy (non-hydrogen) atoms. The molecule has 0 unspecified atom stereocenters. The first-order valence-corrected chi connectivity index (χ1v) is 9.82. The Hall–Kier alpha value is -2.99. The van der Waals surface area contributed by atoms with E-state index in [0.29, 0.717) is 52.9 Å². The van der Waals surface area contributed by atoms with Gasteiger partial charge in [0.2, 0.25) is 0 Å². The highest BCUT2D eigenvalue weighted by molar-refractivity contribution is 6.36. The van der Waals surface area contributed by atoms with Crippen LogP contribution in [0, 0.1) is 0 Å². The number of halogens is 1. The second kappa shape index (κ2) is 9.01. The minimum Gasteiger partial charge on any atom is -0.495 e. The molecule has 3 rings (SSSR count). The normalized spacial score (nSPS) is 13.9. The Morgan fingerprint density at radius 1 is 1.03 bits per heavy atom. The topological polar surface area (TPSA) is 67.9 Å². The minimum atomic E-state index is -0.372. The van der Waals surface area contributed by atoms with Gasteiger partial charge in [0, 0.05) is 11.6 Å². The van der Waals surface area contributed by atoms with Gasteiger partial charge in [-0.1, -0.05) is 30.7 Å². The number of nitrogens with zero attached hydrogens (tertiary/aromatic N) is 1. The van der Waals surface area contributed by atoms with Gasteiger partial charge in [-0.15, -0.1) is 0 Å². The maximum atomic E-state index is 13.1. The van der Waals surface area contributed by atoms with Crippen molar-refractivity contribution in [2.24, 2.45) is 0 Å². The van der Waals surface area contributed by atoms with Crippen LogP contribution < -0.4 is 14.8 Å². The van der Waals surface area contributed by atoms with Gasteiger partial charge < -0.3 is 14.8 Å². The van der Waals surface area contributed by atoms with Gasteiger partial charge in [-0.05, 0) is 49.2 Å². The lowest BCUT2D eigenvalue weighted by molar-refractivity contribution is -0.136. The molecule has 0 radical (unpaired) electrons. The van der Waals surface area contributed by atoms with Crippen LogP contribution in [0.3, 0.4) is 0 Å². The van der Waals surface area contributed by atoms with Crippen molar-refractivity contribution in [3.05, 3.63) is 58.7 Å². The zero-order chi connectivity index (χ0) is 21.0. The number of benzene rings is 2. The summed E-state index contributed by atoms with van der Waals surface area (Å²) in [6.45, 7) is 4.71. The SMILES string of the molecule is CCCN1C(=O)C(Nc2cc(Cl)ccc2OC)=C(c2ccc(OCC)cc2)C1=O. The lowest BCUT2D eigenvalue weighted by Crippen LogP contribution is -2.33. The van der Waals surface area contributed by atoms with Crippen molar-refractivity contribution in [1.29, 1.82) is 0 Å². The highest BCUT2D eigenvalue weighted by Gasteiger charge is 2.39.